The molecule has 2 rings (SSSR count). The van der Waals surface area contributed by atoms with Gasteiger partial charge in [0.25, 0.3) is 0 Å². The first-order chi connectivity index (χ1) is 8.42. The Labute approximate surface area is 110 Å². The van der Waals surface area contributed by atoms with E-state index >= 15 is 0 Å². The molecule has 1 saturated heterocycles. The molecule has 0 bridgehead atoms. The van der Waals surface area contributed by atoms with Crippen LogP contribution >= 0.6 is 0 Å². The van der Waals surface area contributed by atoms with Gasteiger partial charge in [-0.2, -0.15) is 0 Å². The monoisotopic (exact) mass is 251 g/mol. The van der Waals surface area contributed by atoms with Gasteiger partial charge < -0.3 is 4.90 Å². The van der Waals surface area contributed by atoms with Gasteiger partial charge in [0.1, 0.15) is 5.78 Å². The minimum atomic E-state index is 0.0226. The number of hydrogen-bond acceptors (Lipinski definition) is 2. The number of ketones is 1. The molecule has 1 heterocycles. The van der Waals surface area contributed by atoms with E-state index in [1.54, 1.807) is 0 Å². The van der Waals surface area contributed by atoms with Gasteiger partial charge in [-0.05, 0) is 18.3 Å². The number of carbonyl (C=O) groups is 2. The Kier molecular flexibility index (Phi) is 3.79. The van der Waals surface area contributed by atoms with E-state index in [2.05, 4.69) is 13.8 Å². The molecule has 0 aromatic heterocycles. The van der Waals surface area contributed by atoms with Crippen LogP contribution in [0.1, 0.15) is 52.9 Å². The number of rotatable bonds is 1. The van der Waals surface area contributed by atoms with E-state index in [0.29, 0.717) is 31.2 Å². The quantitative estimate of drug-likeness (QED) is 0.718. The maximum absolute atomic E-state index is 12.6. The van der Waals surface area contributed by atoms with Gasteiger partial charge in [0.05, 0.1) is 0 Å². The molecule has 1 amide bonds. The van der Waals surface area contributed by atoms with Crippen LogP contribution in [0, 0.1) is 17.3 Å². The van der Waals surface area contributed by atoms with E-state index in [9.17, 15) is 9.59 Å². The number of piperidine rings is 1. The average molecular weight is 251 g/mol. The predicted molar refractivity (Wildman–Crippen MR) is 71.1 cm³/mol. The summed E-state index contributed by atoms with van der Waals surface area (Å²) >= 11 is 0. The Bertz CT molecular complexity index is 348. The van der Waals surface area contributed by atoms with Crippen molar-refractivity contribution in [3.05, 3.63) is 0 Å². The lowest BCUT2D eigenvalue weighted by molar-refractivity contribution is -0.145. The van der Waals surface area contributed by atoms with Crippen LogP contribution in [0.4, 0.5) is 0 Å². The second kappa shape index (κ2) is 5.02. The Morgan fingerprint density at radius 2 is 2.06 bits per heavy atom. The second-order valence-electron chi connectivity index (χ2n) is 6.69. The first-order valence-electron chi connectivity index (χ1n) is 7.23. The summed E-state index contributed by atoms with van der Waals surface area (Å²) in [6.07, 6.45) is 5.12. The van der Waals surface area contributed by atoms with Gasteiger partial charge >= 0.3 is 0 Å². The Hall–Kier alpha value is -0.860. The number of amides is 1. The summed E-state index contributed by atoms with van der Waals surface area (Å²) in [7, 11) is 0. The molecule has 0 N–H and O–H groups in total. The molecule has 1 aliphatic carbocycles. The molecule has 2 aliphatic rings. The average Bonchev–Trinajstić information content (AvgIpc) is 2.31. The van der Waals surface area contributed by atoms with Gasteiger partial charge in [0.2, 0.25) is 5.91 Å². The fourth-order valence-electron chi connectivity index (χ4n) is 3.39. The van der Waals surface area contributed by atoms with E-state index in [4.69, 9.17) is 0 Å². The molecule has 0 radical (unpaired) electrons. The maximum atomic E-state index is 12.6. The van der Waals surface area contributed by atoms with Crippen molar-refractivity contribution in [2.75, 3.05) is 13.1 Å². The third-order valence-corrected chi connectivity index (χ3v) is 4.79. The van der Waals surface area contributed by atoms with E-state index in [1.165, 1.54) is 12.8 Å². The lowest BCUT2D eigenvalue weighted by Gasteiger charge is -2.41. The van der Waals surface area contributed by atoms with Crippen molar-refractivity contribution in [3.63, 3.8) is 0 Å². The molecule has 2 fully saturated rings. The molecule has 2 atom stereocenters. The zero-order chi connectivity index (χ0) is 13.3. The summed E-state index contributed by atoms with van der Waals surface area (Å²) in [6.45, 7) is 7.63. The van der Waals surface area contributed by atoms with E-state index < -0.39 is 0 Å². The molecule has 3 heteroatoms. The molecular weight excluding hydrogens is 226 g/mol. The largest absolute Gasteiger partial charge is 0.341 e. The van der Waals surface area contributed by atoms with E-state index in [-0.39, 0.29) is 17.3 Å². The first kappa shape index (κ1) is 13.6. The van der Waals surface area contributed by atoms with E-state index in [1.807, 2.05) is 11.8 Å². The molecule has 1 aliphatic heterocycles. The lowest BCUT2D eigenvalue weighted by Crippen LogP contribution is -2.49. The zero-order valence-electron chi connectivity index (χ0n) is 11.9. The van der Waals surface area contributed by atoms with Crippen LogP contribution in [0.5, 0.6) is 0 Å². The molecular formula is C15H25NO2. The fourth-order valence-corrected chi connectivity index (χ4v) is 3.39. The van der Waals surface area contributed by atoms with Crippen LogP contribution in [-0.2, 0) is 9.59 Å². The summed E-state index contributed by atoms with van der Waals surface area (Å²) in [4.78, 5) is 26.1. The third kappa shape index (κ3) is 2.60. The summed E-state index contributed by atoms with van der Waals surface area (Å²) in [6, 6.07) is 0. The van der Waals surface area contributed by atoms with Gasteiger partial charge in [0, 0.05) is 31.3 Å². The van der Waals surface area contributed by atoms with Crippen LogP contribution in [0.25, 0.3) is 0 Å². The smallest absolute Gasteiger partial charge is 0.226 e. The van der Waals surface area contributed by atoms with Gasteiger partial charge in [0.15, 0.2) is 0 Å². The van der Waals surface area contributed by atoms with Crippen molar-refractivity contribution in [2.24, 2.45) is 17.3 Å². The summed E-state index contributed by atoms with van der Waals surface area (Å²) < 4.78 is 0. The van der Waals surface area contributed by atoms with Gasteiger partial charge in [-0.25, -0.2) is 0 Å². The lowest BCUT2D eigenvalue weighted by atomic mass is 9.68. The topological polar surface area (TPSA) is 37.4 Å². The minimum absolute atomic E-state index is 0.0226. The zero-order valence-corrected chi connectivity index (χ0v) is 11.9. The van der Waals surface area contributed by atoms with Crippen molar-refractivity contribution in [3.8, 4) is 0 Å². The molecule has 0 aromatic rings. The molecule has 1 saturated carbocycles. The highest BCUT2D eigenvalue weighted by atomic mass is 16.2. The molecule has 3 nitrogen and oxygen atoms in total. The Balaban J connectivity index is 2.04. The Morgan fingerprint density at radius 3 is 2.67 bits per heavy atom. The van der Waals surface area contributed by atoms with E-state index in [0.717, 1.165) is 12.8 Å². The van der Waals surface area contributed by atoms with Crippen molar-refractivity contribution < 1.29 is 9.59 Å². The predicted octanol–water partition coefficient (Wildman–Crippen LogP) is 2.64. The minimum Gasteiger partial charge on any atom is -0.341 e. The normalized spacial score (nSPS) is 32.4. The highest BCUT2D eigenvalue weighted by molar-refractivity contribution is 5.86. The standard InChI is InChI=1S/C15H25NO2/c1-11-10-16(9-7-13(11)17)14(18)12-6-4-5-8-15(12,2)3/h11-12H,4-10H2,1-3H3. The number of Topliss-reactive ketones (excluding diaryl/α,β-unsaturated/α-hetero) is 1. The van der Waals surface area contributed by atoms with Crippen molar-refractivity contribution >= 4 is 11.7 Å². The van der Waals surface area contributed by atoms with Crippen molar-refractivity contribution in [2.45, 2.75) is 52.9 Å². The SMILES string of the molecule is CC1CN(C(=O)C2CCCCC2(C)C)CCC1=O. The van der Waals surface area contributed by atoms with Crippen LogP contribution in [-0.4, -0.2) is 29.7 Å². The number of hydrogen-bond donors (Lipinski definition) is 0. The third-order valence-electron chi connectivity index (χ3n) is 4.79. The number of nitrogens with zero attached hydrogens (tertiary/aromatic N) is 1. The summed E-state index contributed by atoms with van der Waals surface area (Å²) in [5.74, 6) is 0.780. The second-order valence-corrected chi connectivity index (χ2v) is 6.69. The van der Waals surface area contributed by atoms with Crippen LogP contribution < -0.4 is 0 Å². The first-order valence-corrected chi connectivity index (χ1v) is 7.23. The van der Waals surface area contributed by atoms with Crippen LogP contribution in [0.15, 0.2) is 0 Å². The van der Waals surface area contributed by atoms with Crippen LogP contribution in [0.3, 0.4) is 0 Å². The number of likely N-dealkylation sites (tertiary alicyclic amines) is 1. The van der Waals surface area contributed by atoms with Gasteiger partial charge in [-0.1, -0.05) is 33.6 Å². The van der Waals surface area contributed by atoms with Gasteiger partial charge in [-0.3, -0.25) is 9.59 Å². The van der Waals surface area contributed by atoms with Crippen molar-refractivity contribution in [1.29, 1.82) is 0 Å². The molecule has 2 unspecified atom stereocenters. The maximum Gasteiger partial charge on any atom is 0.226 e. The van der Waals surface area contributed by atoms with Crippen LogP contribution in [0.2, 0.25) is 0 Å². The number of carbonyl (C=O) groups excluding carboxylic acids is 2. The Morgan fingerprint density at radius 1 is 1.33 bits per heavy atom. The fraction of sp³-hybridized carbons (Fsp3) is 0.867. The van der Waals surface area contributed by atoms with Gasteiger partial charge in [-0.15, -0.1) is 0 Å². The summed E-state index contributed by atoms with van der Waals surface area (Å²) in [5.41, 5.74) is 0.125. The highest BCUT2D eigenvalue weighted by Gasteiger charge is 2.40. The summed E-state index contributed by atoms with van der Waals surface area (Å²) in [5, 5.41) is 0. The molecule has 0 spiro atoms. The van der Waals surface area contributed by atoms with Crippen molar-refractivity contribution in [1.82, 2.24) is 4.90 Å². The molecule has 102 valence electrons. The highest BCUT2D eigenvalue weighted by Crippen LogP contribution is 2.41. The molecule has 18 heavy (non-hydrogen) atoms. The molecule has 0 aromatic carbocycles.